The van der Waals surface area contributed by atoms with Crippen LogP contribution in [0.2, 0.25) is 0 Å². The van der Waals surface area contributed by atoms with Gasteiger partial charge in [-0.3, -0.25) is 0 Å². The summed E-state index contributed by atoms with van der Waals surface area (Å²) >= 11 is 0. The van der Waals surface area contributed by atoms with Crippen LogP contribution in [-0.2, 0) is 4.74 Å². The number of hydrogen-bond acceptors (Lipinski definition) is 5. The van der Waals surface area contributed by atoms with Crippen molar-refractivity contribution < 1.29 is 24.1 Å². The normalized spacial score (nSPS) is 12.4. The molecule has 0 radical (unpaired) electrons. The number of rotatable bonds is 7. The van der Waals surface area contributed by atoms with Gasteiger partial charge in [0.05, 0.1) is 34.0 Å². The quantitative estimate of drug-likeness (QED) is 0.823. The highest BCUT2D eigenvalue weighted by Crippen LogP contribution is 2.37. The van der Waals surface area contributed by atoms with Crippen LogP contribution in [0, 0.1) is 0 Å². The molecule has 0 aliphatic heterocycles. The Bertz CT molecular complexity index is 403. The third kappa shape index (κ3) is 4.01. The van der Waals surface area contributed by atoms with E-state index in [9.17, 15) is 5.11 Å². The molecule has 1 atom stereocenters. The molecule has 108 valence electrons. The minimum absolute atomic E-state index is 0.0563. The molecule has 0 bridgehead atoms. The summed E-state index contributed by atoms with van der Waals surface area (Å²) < 4.78 is 21.1. The Kier molecular flexibility index (Phi) is 5.92. The summed E-state index contributed by atoms with van der Waals surface area (Å²) in [6.45, 7) is 4.03. The van der Waals surface area contributed by atoms with E-state index in [0.29, 0.717) is 22.8 Å². The molecule has 0 saturated heterocycles. The molecular weight excluding hydrogens is 248 g/mol. The van der Waals surface area contributed by atoms with Crippen LogP contribution in [0.5, 0.6) is 17.2 Å². The summed E-state index contributed by atoms with van der Waals surface area (Å²) in [6.07, 6.45) is -0.724. The fourth-order valence-corrected chi connectivity index (χ4v) is 1.69. The smallest absolute Gasteiger partial charge is 0.164 e. The van der Waals surface area contributed by atoms with Crippen molar-refractivity contribution in [1.82, 2.24) is 0 Å². The Balaban J connectivity index is 3.03. The largest absolute Gasteiger partial charge is 0.496 e. The van der Waals surface area contributed by atoms with Crippen molar-refractivity contribution in [1.29, 1.82) is 0 Å². The Morgan fingerprint density at radius 2 is 1.47 bits per heavy atom. The Morgan fingerprint density at radius 3 is 1.95 bits per heavy atom. The van der Waals surface area contributed by atoms with Crippen molar-refractivity contribution in [2.75, 3.05) is 27.9 Å². The molecule has 0 aliphatic carbocycles. The lowest BCUT2D eigenvalue weighted by Gasteiger charge is -2.19. The predicted octanol–water partition coefficient (Wildman–Crippen LogP) is 2.17. The van der Waals surface area contributed by atoms with E-state index in [-0.39, 0.29) is 12.7 Å². The van der Waals surface area contributed by atoms with E-state index < -0.39 is 6.10 Å². The van der Waals surface area contributed by atoms with E-state index in [0.717, 1.165) is 0 Å². The number of benzene rings is 1. The number of ether oxygens (including phenoxy) is 4. The van der Waals surface area contributed by atoms with Crippen molar-refractivity contribution in [2.45, 2.75) is 26.1 Å². The van der Waals surface area contributed by atoms with Crippen molar-refractivity contribution in [3.05, 3.63) is 17.7 Å². The molecule has 1 aromatic rings. The molecule has 0 aromatic heterocycles. The van der Waals surface area contributed by atoms with E-state index in [2.05, 4.69) is 0 Å². The van der Waals surface area contributed by atoms with Crippen LogP contribution in [0.3, 0.4) is 0 Å². The number of hydrogen-bond donors (Lipinski definition) is 1. The van der Waals surface area contributed by atoms with Gasteiger partial charge in [-0.25, -0.2) is 0 Å². The van der Waals surface area contributed by atoms with Gasteiger partial charge >= 0.3 is 0 Å². The van der Waals surface area contributed by atoms with Gasteiger partial charge in [0.2, 0.25) is 0 Å². The van der Waals surface area contributed by atoms with Crippen molar-refractivity contribution in [3.63, 3.8) is 0 Å². The van der Waals surface area contributed by atoms with Gasteiger partial charge in [0.25, 0.3) is 0 Å². The SMILES string of the molecule is COc1cc(OC)c(C(O)COC(C)C)cc1OC. The first-order valence-electron chi connectivity index (χ1n) is 6.13. The molecule has 1 aromatic carbocycles. The van der Waals surface area contributed by atoms with Gasteiger partial charge in [-0.05, 0) is 19.9 Å². The number of aliphatic hydroxyl groups is 1. The van der Waals surface area contributed by atoms with E-state index in [1.54, 1.807) is 33.5 Å². The molecule has 1 unspecified atom stereocenters. The van der Waals surface area contributed by atoms with E-state index in [1.807, 2.05) is 13.8 Å². The van der Waals surface area contributed by atoms with Crippen LogP contribution in [0.25, 0.3) is 0 Å². The zero-order valence-corrected chi connectivity index (χ0v) is 12.1. The molecule has 1 rings (SSSR count). The summed E-state index contributed by atoms with van der Waals surface area (Å²) in [5, 5.41) is 10.2. The molecule has 0 fully saturated rings. The fourth-order valence-electron chi connectivity index (χ4n) is 1.69. The second-order valence-electron chi connectivity index (χ2n) is 4.35. The number of aliphatic hydroxyl groups excluding tert-OH is 1. The van der Waals surface area contributed by atoms with Crippen molar-refractivity contribution in [3.8, 4) is 17.2 Å². The minimum Gasteiger partial charge on any atom is -0.496 e. The summed E-state index contributed by atoms with van der Waals surface area (Å²) in [5.74, 6) is 1.64. The molecule has 5 heteroatoms. The van der Waals surface area contributed by atoms with Gasteiger partial charge in [0, 0.05) is 11.6 Å². The molecule has 1 N–H and O–H groups in total. The van der Waals surface area contributed by atoms with E-state index in [4.69, 9.17) is 18.9 Å². The maximum Gasteiger partial charge on any atom is 0.164 e. The lowest BCUT2D eigenvalue weighted by atomic mass is 10.1. The highest BCUT2D eigenvalue weighted by atomic mass is 16.5. The Morgan fingerprint density at radius 1 is 0.947 bits per heavy atom. The van der Waals surface area contributed by atoms with Gasteiger partial charge in [-0.2, -0.15) is 0 Å². The second kappa shape index (κ2) is 7.21. The monoisotopic (exact) mass is 270 g/mol. The van der Waals surface area contributed by atoms with Crippen LogP contribution < -0.4 is 14.2 Å². The second-order valence-corrected chi connectivity index (χ2v) is 4.35. The minimum atomic E-state index is -0.780. The van der Waals surface area contributed by atoms with Crippen LogP contribution in [-0.4, -0.2) is 39.1 Å². The summed E-state index contributed by atoms with van der Waals surface area (Å²) in [4.78, 5) is 0. The highest BCUT2D eigenvalue weighted by Gasteiger charge is 2.18. The first-order chi connectivity index (χ1) is 9.03. The van der Waals surface area contributed by atoms with Crippen molar-refractivity contribution in [2.24, 2.45) is 0 Å². The molecule has 0 spiro atoms. The highest BCUT2D eigenvalue weighted by molar-refractivity contribution is 5.51. The van der Waals surface area contributed by atoms with Crippen LogP contribution in [0.1, 0.15) is 25.5 Å². The summed E-state index contributed by atoms with van der Waals surface area (Å²) in [7, 11) is 4.64. The lowest BCUT2D eigenvalue weighted by Crippen LogP contribution is -2.13. The van der Waals surface area contributed by atoms with Gasteiger partial charge in [-0.1, -0.05) is 0 Å². The Labute approximate surface area is 114 Å². The van der Waals surface area contributed by atoms with Crippen molar-refractivity contribution >= 4 is 0 Å². The van der Waals surface area contributed by atoms with Gasteiger partial charge in [0.1, 0.15) is 11.9 Å². The molecule has 0 heterocycles. The Hall–Kier alpha value is -1.46. The molecule has 0 amide bonds. The average molecular weight is 270 g/mol. The zero-order chi connectivity index (χ0) is 14.4. The topological polar surface area (TPSA) is 57.2 Å². The maximum atomic E-state index is 10.2. The van der Waals surface area contributed by atoms with Gasteiger partial charge < -0.3 is 24.1 Å². The predicted molar refractivity (Wildman–Crippen MR) is 72.1 cm³/mol. The molecule has 0 saturated carbocycles. The molecular formula is C14H22O5. The van der Waals surface area contributed by atoms with Gasteiger partial charge in [-0.15, -0.1) is 0 Å². The average Bonchev–Trinajstić information content (AvgIpc) is 2.42. The summed E-state index contributed by atoms with van der Waals surface area (Å²) in [6, 6.07) is 3.39. The van der Waals surface area contributed by atoms with E-state index in [1.165, 1.54) is 0 Å². The zero-order valence-electron chi connectivity index (χ0n) is 12.1. The molecule has 5 nitrogen and oxygen atoms in total. The summed E-state index contributed by atoms with van der Waals surface area (Å²) in [5.41, 5.74) is 0.612. The van der Waals surface area contributed by atoms with Gasteiger partial charge in [0.15, 0.2) is 11.5 Å². The van der Waals surface area contributed by atoms with Crippen LogP contribution in [0.15, 0.2) is 12.1 Å². The standard InChI is InChI=1S/C14H22O5/c1-9(2)19-8-11(15)10-6-13(17-4)14(18-5)7-12(10)16-3/h6-7,9,11,15H,8H2,1-5H3. The van der Waals surface area contributed by atoms with Crippen LogP contribution >= 0.6 is 0 Å². The molecule has 19 heavy (non-hydrogen) atoms. The van der Waals surface area contributed by atoms with Crippen LogP contribution in [0.4, 0.5) is 0 Å². The third-order valence-corrected chi connectivity index (χ3v) is 2.68. The first-order valence-corrected chi connectivity index (χ1v) is 6.13. The maximum absolute atomic E-state index is 10.2. The lowest BCUT2D eigenvalue weighted by molar-refractivity contribution is 0.00399. The first kappa shape index (κ1) is 15.6. The van der Waals surface area contributed by atoms with E-state index >= 15 is 0 Å². The third-order valence-electron chi connectivity index (χ3n) is 2.68. The fraction of sp³-hybridized carbons (Fsp3) is 0.571. The number of methoxy groups -OCH3 is 3. The molecule has 0 aliphatic rings.